The normalized spacial score (nSPS) is 21.2. The number of halogens is 2. The number of carbonyl (C=O) groups is 3. The molecule has 0 spiro atoms. The lowest BCUT2D eigenvalue weighted by atomic mass is 10.0. The molecule has 1 aromatic carbocycles. The second-order valence-corrected chi connectivity index (χ2v) is 11.6. The van der Waals surface area contributed by atoms with Gasteiger partial charge in [0.15, 0.2) is 5.78 Å². The van der Waals surface area contributed by atoms with Gasteiger partial charge in [-0.3, -0.25) is 19.1 Å². The first kappa shape index (κ1) is 27.1. The summed E-state index contributed by atoms with van der Waals surface area (Å²) in [6.07, 6.45) is 3.54. The Morgan fingerprint density at radius 2 is 1.80 bits per heavy atom. The first-order chi connectivity index (χ1) is 19.4. The molecule has 12 heteroatoms. The third kappa shape index (κ3) is 4.79. The number of carbonyl (C=O) groups excluding carboxylic acids is 3. The van der Waals surface area contributed by atoms with Gasteiger partial charge in [0.05, 0.1) is 11.6 Å². The Hall–Kier alpha value is -4.06. The molecule has 210 valence electrons. The van der Waals surface area contributed by atoms with E-state index in [9.17, 15) is 14.4 Å². The number of aromatic nitrogens is 5. The lowest BCUT2D eigenvalue weighted by molar-refractivity contribution is -0.138. The molecule has 1 aliphatic heterocycles. The molecule has 10 nitrogen and oxygen atoms in total. The molecule has 4 aromatic rings. The number of likely N-dealkylation sites (tertiary alicyclic amines) is 1. The average molecular weight is 620 g/mol. The highest BCUT2D eigenvalue weighted by Gasteiger charge is 2.68. The van der Waals surface area contributed by atoms with Gasteiger partial charge in [-0.1, -0.05) is 6.07 Å². The van der Waals surface area contributed by atoms with Gasteiger partial charge >= 0.3 is 0 Å². The number of aryl methyl sites for hydroxylation is 3. The molecule has 1 N–H and O–H groups in total. The number of hydrogen-bond donors (Lipinski definition) is 1. The first-order valence-electron chi connectivity index (χ1n) is 13.2. The van der Waals surface area contributed by atoms with Gasteiger partial charge in [0.2, 0.25) is 11.8 Å². The van der Waals surface area contributed by atoms with Crippen LogP contribution in [0, 0.1) is 20.8 Å². The molecule has 3 atom stereocenters. The van der Waals surface area contributed by atoms with Crippen LogP contribution in [0.1, 0.15) is 47.2 Å². The van der Waals surface area contributed by atoms with Crippen LogP contribution in [0.5, 0.6) is 0 Å². The van der Waals surface area contributed by atoms with Crippen molar-refractivity contribution in [3.8, 4) is 11.1 Å². The molecule has 3 aromatic heterocycles. The third-order valence-corrected chi connectivity index (χ3v) is 8.28. The number of ketones is 1. The highest BCUT2D eigenvalue weighted by molar-refractivity contribution is 9.10. The van der Waals surface area contributed by atoms with Crippen LogP contribution in [-0.2, 0) is 16.1 Å². The number of rotatable bonds is 6. The SMILES string of the molecule is CC(=O)c1nn(CC(=O)N2[C@H](C(=O)Nc3nc(Br)ccc3C)C[C@@]3(F)C[C@@H]23)c2c(C)cc(-c3cnc(C)nc3)cc12. The number of fused-ring (bicyclic) bond motifs is 2. The van der Waals surface area contributed by atoms with Crippen molar-refractivity contribution in [2.24, 2.45) is 0 Å². The summed E-state index contributed by atoms with van der Waals surface area (Å²) in [5.41, 5.74) is 2.40. The number of hydrogen-bond acceptors (Lipinski definition) is 7. The molecule has 0 radical (unpaired) electrons. The Labute approximate surface area is 243 Å². The van der Waals surface area contributed by atoms with Crippen molar-refractivity contribution in [1.82, 2.24) is 29.6 Å². The predicted molar refractivity (Wildman–Crippen MR) is 153 cm³/mol. The molecule has 0 unspecified atom stereocenters. The summed E-state index contributed by atoms with van der Waals surface area (Å²) in [4.78, 5) is 53.8. The summed E-state index contributed by atoms with van der Waals surface area (Å²) in [6.45, 7) is 6.65. The van der Waals surface area contributed by atoms with Crippen LogP contribution < -0.4 is 5.32 Å². The van der Waals surface area contributed by atoms with Gasteiger partial charge in [-0.2, -0.15) is 5.10 Å². The van der Waals surface area contributed by atoms with E-state index in [1.165, 1.54) is 16.5 Å². The van der Waals surface area contributed by atoms with E-state index in [-0.39, 0.29) is 30.9 Å². The van der Waals surface area contributed by atoms with Crippen molar-refractivity contribution >= 4 is 50.2 Å². The van der Waals surface area contributed by atoms with Crippen molar-refractivity contribution in [2.45, 2.75) is 64.8 Å². The number of pyridine rings is 1. The van der Waals surface area contributed by atoms with Gasteiger partial charge in [-0.15, -0.1) is 0 Å². The summed E-state index contributed by atoms with van der Waals surface area (Å²) >= 11 is 3.30. The molecule has 1 saturated heterocycles. The molecule has 4 heterocycles. The quantitative estimate of drug-likeness (QED) is 0.249. The summed E-state index contributed by atoms with van der Waals surface area (Å²) in [5, 5.41) is 7.87. The van der Waals surface area contributed by atoms with Gasteiger partial charge in [0.1, 0.15) is 40.2 Å². The molecular weight excluding hydrogens is 593 g/mol. The molecule has 41 heavy (non-hydrogen) atoms. The Morgan fingerprint density at radius 3 is 2.51 bits per heavy atom. The Bertz CT molecular complexity index is 1760. The zero-order valence-corrected chi connectivity index (χ0v) is 24.5. The zero-order valence-electron chi connectivity index (χ0n) is 22.9. The van der Waals surface area contributed by atoms with E-state index in [2.05, 4.69) is 41.3 Å². The number of anilines is 1. The van der Waals surface area contributed by atoms with E-state index < -0.39 is 29.6 Å². The van der Waals surface area contributed by atoms with Crippen LogP contribution >= 0.6 is 15.9 Å². The van der Waals surface area contributed by atoms with E-state index in [0.29, 0.717) is 27.1 Å². The minimum absolute atomic E-state index is 0.0815. The van der Waals surface area contributed by atoms with Crippen LogP contribution in [0.25, 0.3) is 22.0 Å². The lowest BCUT2D eigenvalue weighted by Crippen LogP contribution is -2.47. The lowest BCUT2D eigenvalue weighted by Gasteiger charge is -2.26. The molecule has 6 rings (SSSR count). The zero-order chi connectivity index (χ0) is 29.2. The minimum atomic E-state index is -1.59. The number of amides is 2. The van der Waals surface area contributed by atoms with Gasteiger partial charge in [0, 0.05) is 43.1 Å². The highest BCUT2D eigenvalue weighted by Crippen LogP contribution is 2.55. The number of Topliss-reactive ketones (excluding diaryl/α,β-unsaturated/α-hetero) is 1. The summed E-state index contributed by atoms with van der Waals surface area (Å²) in [7, 11) is 0. The molecule has 1 saturated carbocycles. The summed E-state index contributed by atoms with van der Waals surface area (Å²) in [6, 6.07) is 5.66. The molecule has 2 amide bonds. The second-order valence-electron chi connectivity index (χ2n) is 10.8. The minimum Gasteiger partial charge on any atom is -0.323 e. The van der Waals surface area contributed by atoms with E-state index in [1.54, 1.807) is 38.4 Å². The Balaban J connectivity index is 1.32. The fourth-order valence-corrected chi connectivity index (χ4v) is 5.99. The predicted octanol–water partition coefficient (Wildman–Crippen LogP) is 4.50. The van der Waals surface area contributed by atoms with E-state index in [4.69, 9.17) is 0 Å². The Kier molecular flexibility index (Phi) is 6.48. The van der Waals surface area contributed by atoms with Gasteiger partial charge in [0.25, 0.3) is 0 Å². The largest absolute Gasteiger partial charge is 0.323 e. The topological polar surface area (TPSA) is 123 Å². The van der Waals surface area contributed by atoms with Crippen LogP contribution in [0.15, 0.2) is 41.3 Å². The number of benzene rings is 1. The van der Waals surface area contributed by atoms with E-state index >= 15 is 4.39 Å². The van der Waals surface area contributed by atoms with Crippen molar-refractivity contribution in [3.63, 3.8) is 0 Å². The maximum absolute atomic E-state index is 15.3. The van der Waals surface area contributed by atoms with Gasteiger partial charge in [-0.25, -0.2) is 19.3 Å². The van der Waals surface area contributed by atoms with Crippen molar-refractivity contribution in [2.75, 3.05) is 5.32 Å². The number of alkyl halides is 1. The smallest absolute Gasteiger partial charge is 0.248 e. The fraction of sp³-hybridized carbons (Fsp3) is 0.345. The third-order valence-electron chi connectivity index (χ3n) is 7.84. The van der Waals surface area contributed by atoms with Crippen LogP contribution in [0.4, 0.5) is 10.2 Å². The van der Waals surface area contributed by atoms with Crippen molar-refractivity contribution in [1.29, 1.82) is 0 Å². The van der Waals surface area contributed by atoms with Crippen LogP contribution in [-0.4, -0.2) is 65.0 Å². The maximum atomic E-state index is 15.3. The summed E-state index contributed by atoms with van der Waals surface area (Å²) in [5.74, 6) is -0.196. The second kappa shape index (κ2) is 9.79. The van der Waals surface area contributed by atoms with E-state index in [0.717, 1.165) is 22.3 Å². The molecular formula is C29H27BrFN7O3. The van der Waals surface area contributed by atoms with E-state index in [1.807, 2.05) is 19.1 Å². The molecule has 1 aliphatic carbocycles. The standard InChI is InChI=1S/C29H27BrFN7O3/c1-14-5-6-23(30)34-27(14)35-28(41)21-9-29(31)10-22(29)38(21)24(40)13-37-26-15(2)7-18(19-11-32-17(4)33-12-19)8-20(26)25(36-37)16(3)39/h5-8,11-12,21-22H,9-10,13H2,1-4H3,(H,34,35,41)/t21-,22+,29+/m0/s1. The highest BCUT2D eigenvalue weighted by atomic mass is 79.9. The summed E-state index contributed by atoms with van der Waals surface area (Å²) < 4.78 is 17.3. The molecule has 2 fully saturated rings. The van der Waals surface area contributed by atoms with Gasteiger partial charge in [-0.05, 0) is 71.6 Å². The number of nitrogens with one attached hydrogen (secondary N) is 1. The molecule has 2 aliphatic rings. The number of nitrogens with zero attached hydrogens (tertiary/aromatic N) is 6. The fourth-order valence-electron chi connectivity index (χ4n) is 5.68. The van der Waals surface area contributed by atoms with Crippen molar-refractivity contribution in [3.05, 3.63) is 63.9 Å². The number of piperidine rings is 1. The van der Waals surface area contributed by atoms with Crippen LogP contribution in [0.3, 0.4) is 0 Å². The average Bonchev–Trinajstić information content (AvgIpc) is 3.27. The van der Waals surface area contributed by atoms with Crippen molar-refractivity contribution < 1.29 is 18.8 Å². The Morgan fingerprint density at radius 1 is 1.07 bits per heavy atom. The molecule has 0 bridgehead atoms. The van der Waals surface area contributed by atoms with Crippen LogP contribution in [0.2, 0.25) is 0 Å². The monoisotopic (exact) mass is 619 g/mol. The maximum Gasteiger partial charge on any atom is 0.248 e. The van der Waals surface area contributed by atoms with Gasteiger partial charge < -0.3 is 10.2 Å². The first-order valence-corrected chi connectivity index (χ1v) is 14.0.